The summed E-state index contributed by atoms with van der Waals surface area (Å²) in [6.07, 6.45) is 4.63. The molecule has 0 spiro atoms. The molecule has 0 saturated heterocycles. The first-order chi connectivity index (χ1) is 6.43. The first-order valence-corrected chi connectivity index (χ1v) is 4.11. The number of ether oxygens (including phenoxy) is 1. The molecule has 0 aromatic heterocycles. The highest BCUT2D eigenvalue weighted by Crippen LogP contribution is 1.99. The second-order valence-corrected chi connectivity index (χ2v) is 2.56. The molecule has 0 saturated carbocycles. The van der Waals surface area contributed by atoms with E-state index in [0.717, 1.165) is 6.42 Å². The summed E-state index contributed by atoms with van der Waals surface area (Å²) in [7, 11) is 0. The second kappa shape index (κ2) is 6.00. The van der Waals surface area contributed by atoms with Crippen LogP contribution in [0.2, 0.25) is 0 Å². The number of benzene rings is 1. The fourth-order valence-electron chi connectivity index (χ4n) is 0.984. The SMILES string of the molecule is O=[C]OC/C=C/Cc1ccccc1. The van der Waals surface area contributed by atoms with Crippen LogP contribution in [0.3, 0.4) is 0 Å². The van der Waals surface area contributed by atoms with Gasteiger partial charge in [0.15, 0.2) is 0 Å². The second-order valence-electron chi connectivity index (χ2n) is 2.56. The highest BCUT2D eigenvalue weighted by molar-refractivity contribution is 5.38. The molecule has 0 aliphatic rings. The van der Waals surface area contributed by atoms with Gasteiger partial charge in [0.2, 0.25) is 0 Å². The molecule has 0 N–H and O–H groups in total. The molecule has 0 aliphatic heterocycles. The molecule has 0 aliphatic carbocycles. The highest BCUT2D eigenvalue weighted by Gasteiger charge is 1.85. The van der Waals surface area contributed by atoms with Crippen molar-refractivity contribution < 1.29 is 9.53 Å². The van der Waals surface area contributed by atoms with Crippen molar-refractivity contribution in [3.05, 3.63) is 48.0 Å². The van der Waals surface area contributed by atoms with Crippen LogP contribution in [0.15, 0.2) is 42.5 Å². The largest absolute Gasteiger partial charge is 0.453 e. The van der Waals surface area contributed by atoms with Gasteiger partial charge in [0.1, 0.15) is 6.61 Å². The van der Waals surface area contributed by atoms with Gasteiger partial charge >= 0.3 is 6.47 Å². The Morgan fingerprint density at radius 1 is 1.23 bits per heavy atom. The first-order valence-electron chi connectivity index (χ1n) is 4.11. The molecule has 0 fully saturated rings. The Morgan fingerprint density at radius 2 is 2.00 bits per heavy atom. The van der Waals surface area contributed by atoms with Gasteiger partial charge in [-0.15, -0.1) is 0 Å². The Hall–Kier alpha value is -1.57. The van der Waals surface area contributed by atoms with Gasteiger partial charge in [-0.25, -0.2) is 4.79 Å². The highest BCUT2D eigenvalue weighted by atomic mass is 16.5. The maximum absolute atomic E-state index is 9.66. The minimum absolute atomic E-state index is 0.302. The van der Waals surface area contributed by atoms with E-state index in [4.69, 9.17) is 0 Å². The molecule has 13 heavy (non-hydrogen) atoms. The number of allylic oxidation sites excluding steroid dienone is 1. The molecule has 1 aromatic carbocycles. The normalized spacial score (nSPS) is 10.2. The minimum atomic E-state index is 0.302. The first kappa shape index (κ1) is 9.52. The maximum Gasteiger partial charge on any atom is 0.417 e. The molecule has 1 aromatic rings. The van der Waals surface area contributed by atoms with Crippen molar-refractivity contribution in [2.24, 2.45) is 0 Å². The zero-order valence-corrected chi connectivity index (χ0v) is 7.27. The van der Waals surface area contributed by atoms with Crippen LogP contribution in [0, 0.1) is 0 Å². The zero-order valence-electron chi connectivity index (χ0n) is 7.27. The smallest absolute Gasteiger partial charge is 0.417 e. The predicted molar refractivity (Wildman–Crippen MR) is 50.9 cm³/mol. The van der Waals surface area contributed by atoms with Gasteiger partial charge in [-0.2, -0.15) is 0 Å². The Balaban J connectivity index is 2.26. The number of hydrogen-bond acceptors (Lipinski definition) is 2. The van der Waals surface area contributed by atoms with E-state index in [1.54, 1.807) is 6.08 Å². The quantitative estimate of drug-likeness (QED) is 0.504. The van der Waals surface area contributed by atoms with Crippen molar-refractivity contribution in [2.75, 3.05) is 6.61 Å². The molecule has 1 rings (SSSR count). The van der Waals surface area contributed by atoms with Crippen LogP contribution in [-0.4, -0.2) is 13.1 Å². The monoisotopic (exact) mass is 175 g/mol. The summed E-state index contributed by atoms with van der Waals surface area (Å²) in [4.78, 5) is 9.66. The molecule has 0 heterocycles. The summed E-state index contributed by atoms with van der Waals surface area (Å²) in [6, 6.07) is 10.1. The molecule has 1 radical (unpaired) electrons. The van der Waals surface area contributed by atoms with Crippen LogP contribution in [0.4, 0.5) is 0 Å². The van der Waals surface area contributed by atoms with Gasteiger partial charge in [-0.3, -0.25) is 0 Å². The molecule has 2 heteroatoms. The molecule has 2 nitrogen and oxygen atoms in total. The van der Waals surface area contributed by atoms with Crippen molar-refractivity contribution in [3.63, 3.8) is 0 Å². The molecule has 67 valence electrons. The maximum atomic E-state index is 9.66. The van der Waals surface area contributed by atoms with Gasteiger partial charge in [0, 0.05) is 0 Å². The average Bonchev–Trinajstić information content (AvgIpc) is 2.19. The molecule has 0 unspecified atom stereocenters. The summed E-state index contributed by atoms with van der Waals surface area (Å²) in [5, 5.41) is 0. The summed E-state index contributed by atoms with van der Waals surface area (Å²) in [6.45, 7) is 1.67. The van der Waals surface area contributed by atoms with Crippen molar-refractivity contribution in [3.8, 4) is 0 Å². The topological polar surface area (TPSA) is 26.3 Å². The fourth-order valence-corrected chi connectivity index (χ4v) is 0.984. The number of hydrogen-bond donors (Lipinski definition) is 0. The lowest BCUT2D eigenvalue weighted by atomic mass is 10.1. The van der Waals surface area contributed by atoms with Gasteiger partial charge in [-0.1, -0.05) is 42.5 Å². The van der Waals surface area contributed by atoms with E-state index in [1.807, 2.05) is 24.3 Å². The van der Waals surface area contributed by atoms with E-state index in [-0.39, 0.29) is 0 Å². The van der Waals surface area contributed by atoms with Crippen LogP contribution >= 0.6 is 0 Å². The molecule has 0 amide bonds. The summed E-state index contributed by atoms with van der Waals surface area (Å²) < 4.78 is 4.38. The van der Waals surface area contributed by atoms with Crippen molar-refractivity contribution in [1.29, 1.82) is 0 Å². The lowest BCUT2D eigenvalue weighted by Crippen LogP contribution is -1.86. The molecule has 0 bridgehead atoms. The minimum Gasteiger partial charge on any atom is -0.453 e. The van der Waals surface area contributed by atoms with E-state index >= 15 is 0 Å². The van der Waals surface area contributed by atoms with Crippen molar-refractivity contribution in [1.82, 2.24) is 0 Å². The third-order valence-corrected chi connectivity index (χ3v) is 1.60. The van der Waals surface area contributed by atoms with Gasteiger partial charge in [-0.05, 0) is 12.0 Å². The Morgan fingerprint density at radius 3 is 2.69 bits per heavy atom. The Bertz CT molecular complexity index is 265. The average molecular weight is 175 g/mol. The van der Waals surface area contributed by atoms with Crippen LogP contribution < -0.4 is 0 Å². The van der Waals surface area contributed by atoms with E-state index in [2.05, 4.69) is 16.9 Å². The molecule has 0 atom stereocenters. The lowest BCUT2D eigenvalue weighted by molar-refractivity contribution is 0.313. The fraction of sp³-hybridized carbons (Fsp3) is 0.182. The third-order valence-electron chi connectivity index (χ3n) is 1.60. The Labute approximate surface area is 77.8 Å². The number of carbonyl (C=O) groups excluding carboxylic acids is 1. The van der Waals surface area contributed by atoms with E-state index < -0.39 is 0 Å². The van der Waals surface area contributed by atoms with Crippen molar-refractivity contribution in [2.45, 2.75) is 6.42 Å². The summed E-state index contributed by atoms with van der Waals surface area (Å²) in [5.41, 5.74) is 1.24. The van der Waals surface area contributed by atoms with E-state index in [0.29, 0.717) is 6.61 Å². The number of rotatable bonds is 5. The molecular formula is C11H11O2. The summed E-state index contributed by atoms with van der Waals surface area (Å²) >= 11 is 0. The lowest BCUT2D eigenvalue weighted by Gasteiger charge is -1.93. The van der Waals surface area contributed by atoms with Crippen LogP contribution in [0.1, 0.15) is 5.56 Å². The Kier molecular flexibility index (Phi) is 4.39. The van der Waals surface area contributed by atoms with Crippen LogP contribution in [-0.2, 0) is 16.0 Å². The van der Waals surface area contributed by atoms with Gasteiger partial charge in [0.25, 0.3) is 0 Å². The van der Waals surface area contributed by atoms with Crippen LogP contribution in [0.25, 0.3) is 0 Å². The van der Waals surface area contributed by atoms with Crippen LogP contribution in [0.5, 0.6) is 0 Å². The molecular weight excluding hydrogens is 164 g/mol. The van der Waals surface area contributed by atoms with Gasteiger partial charge in [0.05, 0.1) is 0 Å². The van der Waals surface area contributed by atoms with E-state index in [1.165, 1.54) is 12.0 Å². The van der Waals surface area contributed by atoms with Crippen molar-refractivity contribution >= 4 is 6.47 Å². The standard InChI is InChI=1S/C11H11O2/c12-10-13-9-5-4-8-11-6-2-1-3-7-11/h1-7H,8-9H2/b5-4+. The van der Waals surface area contributed by atoms with E-state index in [9.17, 15) is 4.79 Å². The predicted octanol–water partition coefficient (Wildman–Crippen LogP) is 1.87. The summed E-state index contributed by atoms with van der Waals surface area (Å²) in [5.74, 6) is 0. The zero-order chi connectivity index (χ0) is 9.36. The third kappa shape index (κ3) is 4.11. The van der Waals surface area contributed by atoms with Gasteiger partial charge < -0.3 is 4.74 Å².